The number of rotatable bonds is 3. The van der Waals surface area contributed by atoms with Crippen LogP contribution in [0, 0.1) is 0 Å². The van der Waals surface area contributed by atoms with E-state index in [1.807, 2.05) is 0 Å². The Bertz CT molecular complexity index is 1080. The second kappa shape index (κ2) is 7.50. The van der Waals surface area contributed by atoms with Crippen LogP contribution in [0.2, 0.25) is 5.15 Å². The number of halogens is 1. The van der Waals surface area contributed by atoms with Crippen molar-refractivity contribution in [2.75, 3.05) is 6.54 Å². The van der Waals surface area contributed by atoms with Crippen LogP contribution in [-0.4, -0.2) is 24.3 Å². The number of sulfonamides is 1. The zero-order valence-electron chi connectivity index (χ0n) is 14.1. The van der Waals surface area contributed by atoms with Crippen LogP contribution in [-0.2, 0) is 16.4 Å². The van der Waals surface area contributed by atoms with Crippen LogP contribution >= 0.6 is 22.9 Å². The molecule has 1 aliphatic carbocycles. The van der Waals surface area contributed by atoms with Crippen molar-refractivity contribution < 1.29 is 8.42 Å². The van der Waals surface area contributed by atoms with Gasteiger partial charge in [0.05, 0.1) is 0 Å². The smallest absolute Gasteiger partial charge is 0.257 e. The molecule has 138 valence electrons. The summed E-state index contributed by atoms with van der Waals surface area (Å²) < 4.78 is 23.5. The minimum absolute atomic E-state index is 0.0886. The van der Waals surface area contributed by atoms with Crippen molar-refractivity contribution in [1.29, 1.82) is 0 Å². The van der Waals surface area contributed by atoms with Crippen molar-refractivity contribution in [3.8, 4) is 0 Å². The summed E-state index contributed by atoms with van der Waals surface area (Å²) in [6.45, 7) is 2.96. The van der Waals surface area contributed by atoms with E-state index in [-0.39, 0.29) is 10.2 Å². The average molecular weight is 411 g/mol. The molecule has 6 nitrogen and oxygen atoms in total. The zero-order valence-corrected chi connectivity index (χ0v) is 16.5. The van der Waals surface area contributed by atoms with Gasteiger partial charge in [0.2, 0.25) is 0 Å². The predicted molar refractivity (Wildman–Crippen MR) is 106 cm³/mol. The van der Waals surface area contributed by atoms with Gasteiger partial charge in [0.25, 0.3) is 10.0 Å². The van der Waals surface area contributed by atoms with Gasteiger partial charge in [0.15, 0.2) is 15.1 Å². The molecule has 0 bridgehead atoms. The molecular weight excluding hydrogens is 392 g/mol. The molecule has 4 rings (SSSR count). The molecule has 0 radical (unpaired) electrons. The lowest BCUT2D eigenvalue weighted by molar-refractivity contribution is 0.593. The zero-order chi connectivity index (χ0) is 18.9. The van der Waals surface area contributed by atoms with Gasteiger partial charge < -0.3 is 5.73 Å². The molecule has 0 saturated heterocycles. The Morgan fingerprint density at radius 2 is 2.08 bits per heavy atom. The third-order valence-corrected chi connectivity index (χ3v) is 6.22. The quantitative estimate of drug-likeness (QED) is 0.692. The van der Waals surface area contributed by atoms with Crippen molar-refractivity contribution >= 4 is 43.5 Å². The first kappa shape index (κ1) is 19.1. The number of nitrogens with zero attached hydrogens (tertiary/aromatic N) is 2. The third kappa shape index (κ3) is 3.70. The Balaban J connectivity index is 0.000000151. The van der Waals surface area contributed by atoms with Crippen LogP contribution in [0.4, 0.5) is 0 Å². The van der Waals surface area contributed by atoms with E-state index in [1.165, 1.54) is 38.0 Å². The number of primary sulfonamides is 1. The fourth-order valence-corrected chi connectivity index (χ4v) is 5.09. The Hall–Kier alpha value is -1.71. The molecule has 0 saturated carbocycles. The van der Waals surface area contributed by atoms with E-state index in [4.69, 9.17) is 22.5 Å². The monoisotopic (exact) mass is 410 g/mol. The van der Waals surface area contributed by atoms with Gasteiger partial charge in [-0.3, -0.25) is 4.40 Å². The second-order valence-corrected chi connectivity index (χ2v) is 8.65. The van der Waals surface area contributed by atoms with Crippen molar-refractivity contribution in [3.63, 3.8) is 0 Å². The maximum Gasteiger partial charge on any atom is 0.257 e. The van der Waals surface area contributed by atoms with E-state index in [0.717, 1.165) is 19.4 Å². The van der Waals surface area contributed by atoms with Gasteiger partial charge in [0.1, 0.15) is 0 Å². The summed E-state index contributed by atoms with van der Waals surface area (Å²) in [6.07, 6.45) is 3.69. The van der Waals surface area contributed by atoms with Gasteiger partial charge >= 0.3 is 0 Å². The first-order chi connectivity index (χ1) is 12.3. The third-order valence-electron chi connectivity index (χ3n) is 4.16. The largest absolute Gasteiger partial charge is 0.330 e. The maximum atomic E-state index is 11.1. The predicted octanol–water partition coefficient (Wildman–Crippen LogP) is 3.06. The van der Waals surface area contributed by atoms with Crippen LogP contribution in [0.3, 0.4) is 0 Å². The second-order valence-electron chi connectivity index (χ2n) is 5.94. The molecule has 0 unspecified atom stereocenters. The van der Waals surface area contributed by atoms with E-state index < -0.39 is 10.0 Å². The fraction of sp³-hybridized carbons (Fsp3) is 0.235. The van der Waals surface area contributed by atoms with E-state index in [9.17, 15) is 8.42 Å². The van der Waals surface area contributed by atoms with Crippen LogP contribution in [0.25, 0.3) is 10.5 Å². The lowest BCUT2D eigenvalue weighted by Gasteiger charge is -2.03. The average Bonchev–Trinajstić information content (AvgIpc) is 3.20. The van der Waals surface area contributed by atoms with E-state index >= 15 is 0 Å². The summed E-state index contributed by atoms with van der Waals surface area (Å²) in [5, 5.41) is 6.41. The number of hydrogen-bond donors (Lipinski definition) is 2. The lowest BCUT2D eigenvalue weighted by atomic mass is 10.0. The highest BCUT2D eigenvalue weighted by Crippen LogP contribution is 2.33. The lowest BCUT2D eigenvalue weighted by Crippen LogP contribution is -2.14. The number of fused-ring (bicyclic) bond motifs is 2. The van der Waals surface area contributed by atoms with E-state index in [0.29, 0.717) is 4.96 Å². The van der Waals surface area contributed by atoms with Gasteiger partial charge in [-0.1, -0.05) is 41.4 Å². The Morgan fingerprint density at radius 1 is 1.35 bits per heavy atom. The molecule has 2 heterocycles. The summed E-state index contributed by atoms with van der Waals surface area (Å²) in [6, 6.07) is 8.63. The summed E-state index contributed by atoms with van der Waals surface area (Å²) in [7, 11) is -3.81. The van der Waals surface area contributed by atoms with E-state index in [1.54, 1.807) is 11.6 Å². The van der Waals surface area contributed by atoms with Crippen molar-refractivity contribution in [1.82, 2.24) is 9.38 Å². The van der Waals surface area contributed by atoms with Gasteiger partial charge in [-0.25, -0.2) is 18.5 Å². The summed E-state index contributed by atoms with van der Waals surface area (Å²) in [5.41, 5.74) is 11.4. The number of allylic oxidation sites excluding steroid dienone is 1. The first-order valence-corrected chi connectivity index (χ1v) is 10.7. The summed E-state index contributed by atoms with van der Waals surface area (Å²) in [4.78, 5) is 4.34. The van der Waals surface area contributed by atoms with Crippen LogP contribution in [0.1, 0.15) is 24.5 Å². The highest BCUT2D eigenvalue weighted by molar-refractivity contribution is 7.89. The van der Waals surface area contributed by atoms with Crippen LogP contribution in [0.15, 0.2) is 46.4 Å². The molecule has 2 aromatic heterocycles. The number of thiazole rings is 1. The summed E-state index contributed by atoms with van der Waals surface area (Å²) in [5.74, 6) is 0. The molecule has 9 heteroatoms. The molecule has 4 N–H and O–H groups in total. The van der Waals surface area contributed by atoms with Gasteiger partial charge in [-0.15, -0.1) is 11.3 Å². The van der Waals surface area contributed by atoms with E-state index in [2.05, 4.69) is 36.2 Å². The molecule has 0 amide bonds. The number of aromatic nitrogens is 2. The highest BCUT2D eigenvalue weighted by Gasteiger charge is 2.20. The van der Waals surface area contributed by atoms with Crippen molar-refractivity contribution in [3.05, 3.63) is 57.7 Å². The Morgan fingerprint density at radius 3 is 2.77 bits per heavy atom. The molecule has 0 atom stereocenters. The number of imidazole rings is 1. The molecule has 0 fully saturated rings. The number of nitrogens with two attached hydrogens (primary N) is 2. The molecule has 1 aromatic carbocycles. The van der Waals surface area contributed by atoms with Gasteiger partial charge in [-0.2, -0.15) is 0 Å². The molecule has 0 aliphatic heterocycles. The molecule has 3 aromatic rings. The SMILES string of the molecule is CC1=C(CCN)c2ccccc2C1.NS(=O)(=O)c1c(Cl)nc2sccn12. The highest BCUT2D eigenvalue weighted by atomic mass is 35.5. The normalized spacial score (nSPS) is 13.7. The Labute approximate surface area is 161 Å². The number of hydrogen-bond acceptors (Lipinski definition) is 5. The minimum atomic E-state index is -3.81. The summed E-state index contributed by atoms with van der Waals surface area (Å²) >= 11 is 6.90. The maximum absolute atomic E-state index is 11.1. The molecule has 26 heavy (non-hydrogen) atoms. The van der Waals surface area contributed by atoms with Gasteiger partial charge in [0, 0.05) is 11.6 Å². The standard InChI is InChI=1S/C12H15N.C5H4ClN3O2S2/c1-9-8-10-4-2-3-5-12(10)11(9)6-7-13;6-3-4(13(7,10)11)9-1-2-12-5(9)8-3/h2-5H,6-8,13H2,1H3;1-2H,(H2,7,10,11). The van der Waals surface area contributed by atoms with Crippen LogP contribution in [0.5, 0.6) is 0 Å². The molecule has 1 aliphatic rings. The number of benzene rings is 1. The van der Waals surface area contributed by atoms with Crippen LogP contribution < -0.4 is 10.9 Å². The fourth-order valence-electron chi connectivity index (χ4n) is 3.08. The van der Waals surface area contributed by atoms with Gasteiger partial charge in [-0.05, 0) is 43.0 Å². The minimum Gasteiger partial charge on any atom is -0.330 e. The molecular formula is C17H19ClN4O2S2. The molecule has 0 spiro atoms. The van der Waals surface area contributed by atoms with Crippen molar-refractivity contribution in [2.24, 2.45) is 10.9 Å². The van der Waals surface area contributed by atoms with Crippen molar-refractivity contribution in [2.45, 2.75) is 24.8 Å². The Kier molecular flexibility index (Phi) is 5.50. The first-order valence-electron chi connectivity index (χ1n) is 7.93. The topological polar surface area (TPSA) is 103 Å².